The van der Waals surface area contributed by atoms with Crippen LogP contribution in [0.4, 0.5) is 13.2 Å². The predicted molar refractivity (Wildman–Crippen MR) is 63.0 cm³/mol. The third kappa shape index (κ3) is 7.33. The zero-order valence-electron chi connectivity index (χ0n) is 10.2. The average Bonchev–Trinajstić information content (AvgIpc) is 2.27. The van der Waals surface area contributed by atoms with E-state index in [0.717, 1.165) is 0 Å². The molecule has 0 aromatic heterocycles. The molecule has 106 valence electrons. The topological polar surface area (TPSA) is 46.5 Å². The summed E-state index contributed by atoms with van der Waals surface area (Å²) in [6.07, 6.45) is -5.90. The van der Waals surface area contributed by atoms with Crippen molar-refractivity contribution >= 4 is 5.97 Å². The number of aliphatic carboxylic acids is 1. The number of para-hydroxylation sites is 1. The van der Waals surface area contributed by atoms with E-state index >= 15 is 0 Å². The lowest BCUT2D eigenvalue weighted by Gasteiger charge is -2.17. The fourth-order valence-corrected chi connectivity index (χ4v) is 1.71. The van der Waals surface area contributed by atoms with Crippen molar-refractivity contribution < 1.29 is 27.8 Å². The zero-order chi connectivity index (χ0) is 14.3. The van der Waals surface area contributed by atoms with Crippen LogP contribution in [0.1, 0.15) is 19.3 Å². The van der Waals surface area contributed by atoms with Crippen molar-refractivity contribution in [1.82, 2.24) is 0 Å². The van der Waals surface area contributed by atoms with Gasteiger partial charge in [-0.1, -0.05) is 18.2 Å². The average molecular weight is 276 g/mol. The molecular formula is C13H15F3O3. The monoisotopic (exact) mass is 276 g/mol. The van der Waals surface area contributed by atoms with Crippen LogP contribution in [0.3, 0.4) is 0 Å². The van der Waals surface area contributed by atoms with Crippen LogP contribution in [-0.4, -0.2) is 23.9 Å². The number of carbonyl (C=O) groups is 1. The zero-order valence-corrected chi connectivity index (χ0v) is 10.2. The number of carboxylic acid groups (broad SMARTS) is 1. The van der Waals surface area contributed by atoms with Crippen molar-refractivity contribution in [2.45, 2.75) is 25.4 Å². The lowest BCUT2D eigenvalue weighted by Crippen LogP contribution is -2.20. The van der Waals surface area contributed by atoms with E-state index in [1.54, 1.807) is 30.3 Å². The van der Waals surface area contributed by atoms with Crippen molar-refractivity contribution in [2.24, 2.45) is 5.92 Å². The summed E-state index contributed by atoms with van der Waals surface area (Å²) in [5.41, 5.74) is 0. The highest BCUT2D eigenvalue weighted by Crippen LogP contribution is 2.28. The molecule has 1 aromatic carbocycles. The first-order chi connectivity index (χ1) is 8.87. The highest BCUT2D eigenvalue weighted by Gasteiger charge is 2.32. The Kier molecular flexibility index (Phi) is 5.66. The van der Waals surface area contributed by atoms with Gasteiger partial charge in [-0.05, 0) is 24.5 Å². The largest absolute Gasteiger partial charge is 0.494 e. The molecule has 1 rings (SSSR count). The Morgan fingerprint density at radius 3 is 2.42 bits per heavy atom. The highest BCUT2D eigenvalue weighted by atomic mass is 19.4. The number of halogens is 3. The molecule has 3 nitrogen and oxygen atoms in total. The third-order valence-corrected chi connectivity index (χ3v) is 2.52. The minimum absolute atomic E-state index is 0.0563. The summed E-state index contributed by atoms with van der Waals surface area (Å²) < 4.78 is 42.1. The van der Waals surface area contributed by atoms with Crippen molar-refractivity contribution in [3.05, 3.63) is 30.3 Å². The number of rotatable bonds is 7. The minimum Gasteiger partial charge on any atom is -0.494 e. The van der Waals surface area contributed by atoms with Crippen molar-refractivity contribution in [1.29, 1.82) is 0 Å². The first kappa shape index (κ1) is 15.3. The molecular weight excluding hydrogens is 261 g/mol. The van der Waals surface area contributed by atoms with Gasteiger partial charge in [0.15, 0.2) is 0 Å². The molecule has 0 aliphatic rings. The number of hydrogen-bond donors (Lipinski definition) is 1. The predicted octanol–water partition coefficient (Wildman–Crippen LogP) is 3.50. The summed E-state index contributed by atoms with van der Waals surface area (Å²) in [5, 5.41) is 8.59. The Balaban J connectivity index is 2.42. The second kappa shape index (κ2) is 7.01. The normalized spacial score (nSPS) is 13.0. The van der Waals surface area contributed by atoms with Gasteiger partial charge in [-0.15, -0.1) is 0 Å². The molecule has 0 saturated carbocycles. The third-order valence-electron chi connectivity index (χ3n) is 2.52. The van der Waals surface area contributed by atoms with E-state index in [0.29, 0.717) is 5.75 Å². The van der Waals surface area contributed by atoms with E-state index in [9.17, 15) is 18.0 Å². The van der Waals surface area contributed by atoms with Gasteiger partial charge in [-0.3, -0.25) is 4.79 Å². The van der Waals surface area contributed by atoms with Crippen molar-refractivity contribution in [2.75, 3.05) is 6.61 Å². The maximum Gasteiger partial charge on any atom is 0.389 e. The Hall–Kier alpha value is -1.72. The Morgan fingerprint density at radius 2 is 1.89 bits per heavy atom. The molecule has 0 amide bonds. The standard InChI is InChI=1S/C13H15F3O3/c14-13(15,16)9-10(8-12(17)18)6-7-19-11-4-2-1-3-5-11/h1-5,10H,6-9H2,(H,17,18). The van der Waals surface area contributed by atoms with Crippen LogP contribution in [0, 0.1) is 5.92 Å². The van der Waals surface area contributed by atoms with Crippen molar-refractivity contribution in [3.63, 3.8) is 0 Å². The lowest BCUT2D eigenvalue weighted by atomic mass is 9.98. The number of carboxylic acids is 1. The fraction of sp³-hybridized carbons (Fsp3) is 0.462. The maximum atomic E-state index is 12.3. The van der Waals surface area contributed by atoms with Gasteiger partial charge in [0.05, 0.1) is 6.61 Å². The Morgan fingerprint density at radius 1 is 1.26 bits per heavy atom. The van der Waals surface area contributed by atoms with Crippen LogP contribution < -0.4 is 4.74 Å². The summed E-state index contributed by atoms with van der Waals surface area (Å²) in [6, 6.07) is 8.68. The van der Waals surface area contributed by atoms with E-state index < -0.39 is 30.9 Å². The molecule has 1 atom stereocenters. The molecule has 0 heterocycles. The van der Waals surface area contributed by atoms with E-state index in [2.05, 4.69) is 0 Å². The molecule has 0 saturated heterocycles. The van der Waals surface area contributed by atoms with Gasteiger partial charge < -0.3 is 9.84 Å². The highest BCUT2D eigenvalue weighted by molar-refractivity contribution is 5.67. The van der Waals surface area contributed by atoms with E-state index in [1.807, 2.05) is 0 Å². The molecule has 6 heteroatoms. The molecule has 0 bridgehead atoms. The summed E-state index contributed by atoms with van der Waals surface area (Å²) in [4.78, 5) is 10.5. The number of benzene rings is 1. The van der Waals surface area contributed by atoms with E-state index in [-0.39, 0.29) is 13.0 Å². The van der Waals surface area contributed by atoms with Crippen LogP contribution in [0.2, 0.25) is 0 Å². The fourth-order valence-electron chi connectivity index (χ4n) is 1.71. The van der Waals surface area contributed by atoms with Crippen molar-refractivity contribution in [3.8, 4) is 5.75 Å². The van der Waals surface area contributed by atoms with Gasteiger partial charge in [0.25, 0.3) is 0 Å². The molecule has 0 radical (unpaired) electrons. The molecule has 0 spiro atoms. The van der Waals surface area contributed by atoms with Gasteiger partial charge >= 0.3 is 12.1 Å². The minimum atomic E-state index is -4.35. The second-order valence-corrected chi connectivity index (χ2v) is 4.23. The van der Waals surface area contributed by atoms with Crippen LogP contribution >= 0.6 is 0 Å². The van der Waals surface area contributed by atoms with Gasteiger partial charge in [0, 0.05) is 12.8 Å². The SMILES string of the molecule is O=C(O)CC(CCOc1ccccc1)CC(F)(F)F. The molecule has 0 fully saturated rings. The summed E-state index contributed by atoms with van der Waals surface area (Å²) in [5.74, 6) is -1.63. The second-order valence-electron chi connectivity index (χ2n) is 4.23. The van der Waals surface area contributed by atoms with E-state index in [1.165, 1.54) is 0 Å². The summed E-state index contributed by atoms with van der Waals surface area (Å²) in [7, 11) is 0. The van der Waals surface area contributed by atoms with Crippen LogP contribution in [0.15, 0.2) is 30.3 Å². The smallest absolute Gasteiger partial charge is 0.389 e. The van der Waals surface area contributed by atoms with Crippen LogP contribution in [0.5, 0.6) is 5.75 Å². The molecule has 0 aliphatic carbocycles. The molecule has 0 aliphatic heterocycles. The first-order valence-electron chi connectivity index (χ1n) is 5.83. The number of alkyl halides is 3. The quantitative estimate of drug-likeness (QED) is 0.829. The molecule has 1 aromatic rings. The maximum absolute atomic E-state index is 12.3. The Labute approximate surface area is 109 Å². The van der Waals surface area contributed by atoms with E-state index in [4.69, 9.17) is 9.84 Å². The van der Waals surface area contributed by atoms with Gasteiger partial charge in [-0.2, -0.15) is 13.2 Å². The van der Waals surface area contributed by atoms with Crippen LogP contribution in [0.25, 0.3) is 0 Å². The van der Waals surface area contributed by atoms with Gasteiger partial charge in [0.2, 0.25) is 0 Å². The number of ether oxygens (including phenoxy) is 1. The Bertz CT molecular complexity index is 390. The summed E-state index contributed by atoms with van der Waals surface area (Å²) in [6.45, 7) is 0.0675. The van der Waals surface area contributed by atoms with Crippen LogP contribution in [-0.2, 0) is 4.79 Å². The molecule has 1 N–H and O–H groups in total. The van der Waals surface area contributed by atoms with Gasteiger partial charge in [-0.25, -0.2) is 0 Å². The summed E-state index contributed by atoms with van der Waals surface area (Å²) >= 11 is 0. The number of hydrogen-bond acceptors (Lipinski definition) is 2. The lowest BCUT2D eigenvalue weighted by molar-refractivity contribution is -0.151. The molecule has 19 heavy (non-hydrogen) atoms. The van der Waals surface area contributed by atoms with Gasteiger partial charge in [0.1, 0.15) is 5.75 Å². The first-order valence-corrected chi connectivity index (χ1v) is 5.83. The molecule has 1 unspecified atom stereocenters.